The van der Waals surface area contributed by atoms with Gasteiger partial charge in [0.1, 0.15) is 11.9 Å². The lowest BCUT2D eigenvalue weighted by Gasteiger charge is -2.60. The zero-order chi connectivity index (χ0) is 32.4. The van der Waals surface area contributed by atoms with Crippen LogP contribution in [-0.4, -0.2) is 77.1 Å². The summed E-state index contributed by atoms with van der Waals surface area (Å²) in [7, 11) is 0. The number of nitrogens with zero attached hydrogens (tertiary/aromatic N) is 1. The van der Waals surface area contributed by atoms with Crippen molar-refractivity contribution in [3.8, 4) is 0 Å². The van der Waals surface area contributed by atoms with E-state index in [0.29, 0.717) is 52.0 Å². The molecule has 1 aromatic carbocycles. The summed E-state index contributed by atoms with van der Waals surface area (Å²) >= 11 is 1.60. The van der Waals surface area contributed by atoms with Crippen molar-refractivity contribution < 1.29 is 24.2 Å². The number of amides is 1. The number of Topliss-reactive ketones (excluding diaryl/α,β-unsaturated/α-hetero) is 1. The van der Waals surface area contributed by atoms with Crippen molar-refractivity contribution >= 4 is 29.4 Å². The van der Waals surface area contributed by atoms with Crippen LogP contribution >= 0.6 is 11.8 Å². The summed E-state index contributed by atoms with van der Waals surface area (Å²) in [5.41, 5.74) is 12.2. The Bertz CT molecular complexity index is 1220. The number of carbonyl (C=O) groups is 3. The number of rotatable bonds is 10. The first-order chi connectivity index (χ1) is 21.4. The summed E-state index contributed by atoms with van der Waals surface area (Å²) in [6.45, 7) is 9.61. The van der Waals surface area contributed by atoms with Gasteiger partial charge < -0.3 is 31.5 Å². The van der Waals surface area contributed by atoms with E-state index in [1.54, 1.807) is 16.7 Å². The first-order valence-corrected chi connectivity index (χ1v) is 18.0. The molecule has 7 atom stereocenters. The van der Waals surface area contributed by atoms with E-state index in [0.717, 1.165) is 43.2 Å². The van der Waals surface area contributed by atoms with Gasteiger partial charge in [-0.05, 0) is 67.4 Å². The third kappa shape index (κ3) is 7.00. The van der Waals surface area contributed by atoms with Crippen LogP contribution in [-0.2, 0) is 32.2 Å². The predicted molar refractivity (Wildman–Crippen MR) is 177 cm³/mol. The third-order valence-corrected chi connectivity index (χ3v) is 13.5. The number of nitrogens with one attached hydrogen (secondary N) is 1. The fourth-order valence-electron chi connectivity index (χ4n) is 9.04. The van der Waals surface area contributed by atoms with Crippen LogP contribution < -0.4 is 16.8 Å². The Labute approximate surface area is 272 Å². The van der Waals surface area contributed by atoms with Crippen molar-refractivity contribution in [2.45, 2.75) is 103 Å². The van der Waals surface area contributed by atoms with E-state index >= 15 is 0 Å². The van der Waals surface area contributed by atoms with Crippen molar-refractivity contribution in [2.75, 3.05) is 31.9 Å². The number of nitrogens with two attached hydrogens (primary N) is 2. The van der Waals surface area contributed by atoms with E-state index in [-0.39, 0.29) is 52.5 Å². The maximum atomic E-state index is 13.7. The molecule has 0 radical (unpaired) electrons. The summed E-state index contributed by atoms with van der Waals surface area (Å²) in [6.07, 6.45) is 4.86. The number of carbonyl (C=O) groups excluding carboxylic acids is 3. The van der Waals surface area contributed by atoms with E-state index in [1.165, 1.54) is 0 Å². The van der Waals surface area contributed by atoms with Crippen LogP contribution in [0.1, 0.15) is 83.3 Å². The minimum atomic E-state index is -0.632. The zero-order valence-electron chi connectivity index (χ0n) is 27.4. The number of aliphatic hydroxyl groups is 1. The van der Waals surface area contributed by atoms with Crippen molar-refractivity contribution in [1.82, 2.24) is 10.2 Å². The number of hydrogen-bond acceptors (Lipinski definition) is 9. The second-order valence-corrected chi connectivity index (χ2v) is 16.1. The molecule has 3 saturated carbocycles. The Morgan fingerprint density at radius 2 is 1.76 bits per heavy atom. The normalized spacial score (nSPS) is 35.4. The minimum absolute atomic E-state index is 0.0263. The molecule has 250 valence electrons. The topological polar surface area (TPSA) is 148 Å². The standard InChI is InChI=1S/C35H54N4O5S/c1-23-8-12-35-13-9-27(40)32(35)34(23,3)29(44-31(43)21-45-26-10-14-39(15-11-26)30(42)19-37)17-33(2,28(41)16-35)22-38-20-25-6-4-24(18-36)5-7-25/h4-7,23,26,28-29,32,38,41H,8-22,36-37H2,1-3H3/t23-,28+,29-,32+,33-,34+,35+/m1/s1. The van der Waals surface area contributed by atoms with Gasteiger partial charge in [0, 0.05) is 61.1 Å². The molecule has 1 amide bonds. The molecule has 4 fully saturated rings. The summed E-state index contributed by atoms with van der Waals surface area (Å²) < 4.78 is 6.50. The van der Waals surface area contributed by atoms with Crippen LogP contribution in [0.25, 0.3) is 0 Å². The quantitative estimate of drug-likeness (QED) is 0.282. The van der Waals surface area contributed by atoms with Crippen molar-refractivity contribution in [3.63, 3.8) is 0 Å². The predicted octanol–water partition coefficient (Wildman–Crippen LogP) is 3.39. The van der Waals surface area contributed by atoms with Gasteiger partial charge >= 0.3 is 5.97 Å². The van der Waals surface area contributed by atoms with Crippen molar-refractivity contribution in [2.24, 2.45) is 39.5 Å². The maximum Gasteiger partial charge on any atom is 0.316 e. The van der Waals surface area contributed by atoms with E-state index in [4.69, 9.17) is 16.2 Å². The molecule has 1 heterocycles. The number of hydrogen-bond donors (Lipinski definition) is 4. The van der Waals surface area contributed by atoms with Crippen LogP contribution in [0.2, 0.25) is 0 Å². The molecule has 0 spiro atoms. The number of piperidine rings is 1. The van der Waals surface area contributed by atoms with Crippen LogP contribution in [0.4, 0.5) is 0 Å². The Balaban J connectivity index is 1.33. The van der Waals surface area contributed by atoms with E-state index in [1.807, 2.05) is 12.1 Å². The highest BCUT2D eigenvalue weighted by Gasteiger charge is 2.66. The molecule has 6 N–H and O–H groups in total. The molecule has 3 aliphatic carbocycles. The molecule has 1 aromatic rings. The number of esters is 1. The highest BCUT2D eigenvalue weighted by atomic mass is 32.2. The Hall–Kier alpha value is -1.98. The molecular weight excluding hydrogens is 588 g/mol. The molecule has 1 saturated heterocycles. The number of ketones is 1. The van der Waals surface area contributed by atoms with Gasteiger partial charge in [-0.1, -0.05) is 45.0 Å². The Morgan fingerprint density at radius 1 is 1.07 bits per heavy atom. The molecule has 4 aliphatic rings. The van der Waals surface area contributed by atoms with Gasteiger partial charge in [0.15, 0.2) is 0 Å². The molecule has 1 aliphatic heterocycles. The summed E-state index contributed by atoms with van der Waals surface area (Å²) in [5.74, 6) is 0.215. The van der Waals surface area contributed by atoms with Crippen LogP contribution in [0, 0.1) is 28.1 Å². The fraction of sp³-hybridized carbons (Fsp3) is 0.743. The molecule has 0 aromatic heterocycles. The summed E-state index contributed by atoms with van der Waals surface area (Å²) in [6, 6.07) is 8.24. The lowest BCUT2D eigenvalue weighted by atomic mass is 9.46. The maximum absolute atomic E-state index is 13.7. The number of benzene rings is 1. The molecule has 10 heteroatoms. The number of thioether (sulfide) groups is 1. The monoisotopic (exact) mass is 642 g/mol. The lowest BCUT2D eigenvalue weighted by Crippen LogP contribution is -2.61. The largest absolute Gasteiger partial charge is 0.461 e. The molecule has 2 bridgehead atoms. The van der Waals surface area contributed by atoms with Gasteiger partial charge in [-0.3, -0.25) is 14.4 Å². The van der Waals surface area contributed by atoms with Crippen LogP contribution in [0.5, 0.6) is 0 Å². The van der Waals surface area contributed by atoms with Crippen molar-refractivity contribution in [1.29, 1.82) is 0 Å². The molecular formula is C35H54N4O5S. The van der Waals surface area contributed by atoms with Gasteiger partial charge in [-0.2, -0.15) is 0 Å². The first-order valence-electron chi connectivity index (χ1n) is 16.9. The van der Waals surface area contributed by atoms with E-state index < -0.39 is 23.0 Å². The Kier molecular flexibility index (Phi) is 10.7. The minimum Gasteiger partial charge on any atom is -0.461 e. The number of ether oxygens (including phenoxy) is 1. The van der Waals surface area contributed by atoms with Gasteiger partial charge in [0.2, 0.25) is 5.91 Å². The van der Waals surface area contributed by atoms with E-state index in [9.17, 15) is 19.5 Å². The van der Waals surface area contributed by atoms with Gasteiger partial charge in [0.25, 0.3) is 0 Å². The molecule has 9 nitrogen and oxygen atoms in total. The molecule has 45 heavy (non-hydrogen) atoms. The molecule has 5 rings (SSSR count). The smallest absolute Gasteiger partial charge is 0.316 e. The molecule has 0 unspecified atom stereocenters. The third-order valence-electron chi connectivity index (χ3n) is 12.1. The van der Waals surface area contributed by atoms with Gasteiger partial charge in [-0.15, -0.1) is 11.8 Å². The summed E-state index contributed by atoms with van der Waals surface area (Å²) in [5, 5.41) is 15.8. The highest BCUT2D eigenvalue weighted by Crippen LogP contribution is 2.66. The Morgan fingerprint density at radius 3 is 2.42 bits per heavy atom. The van der Waals surface area contributed by atoms with Gasteiger partial charge in [-0.25, -0.2) is 0 Å². The van der Waals surface area contributed by atoms with Crippen molar-refractivity contribution in [3.05, 3.63) is 35.4 Å². The average molecular weight is 643 g/mol. The second-order valence-electron chi connectivity index (χ2n) is 14.8. The van der Waals surface area contributed by atoms with Gasteiger partial charge in [0.05, 0.1) is 18.4 Å². The van der Waals surface area contributed by atoms with Crippen LogP contribution in [0.3, 0.4) is 0 Å². The SMILES string of the molecule is C[C@@H]1CC[C@@]23CCC(=O)[C@H]2[C@]1(C)[C@H](OC(=O)CSC1CCN(C(=O)CN)CC1)C[C@](C)(CNCc1ccc(CN)cc1)[C@@H](O)C3. The lowest BCUT2D eigenvalue weighted by molar-refractivity contribution is -0.196. The number of likely N-dealkylation sites (tertiary alicyclic amines) is 1. The highest BCUT2D eigenvalue weighted by molar-refractivity contribution is 8.00. The second kappa shape index (κ2) is 14.0. The zero-order valence-corrected chi connectivity index (χ0v) is 28.2. The number of aliphatic hydroxyl groups excluding tert-OH is 1. The van der Waals surface area contributed by atoms with Crippen LogP contribution in [0.15, 0.2) is 24.3 Å². The summed E-state index contributed by atoms with van der Waals surface area (Å²) in [4.78, 5) is 41.0. The first kappa shape index (κ1) is 34.4. The average Bonchev–Trinajstić information content (AvgIpc) is 3.37. The van der Waals surface area contributed by atoms with E-state index in [2.05, 4.69) is 38.2 Å². The fourth-order valence-corrected chi connectivity index (χ4v) is 10.0.